The van der Waals surface area contributed by atoms with Gasteiger partial charge in [-0.1, -0.05) is 19.3 Å². The lowest BCUT2D eigenvalue weighted by Crippen LogP contribution is -2.59. The van der Waals surface area contributed by atoms with Crippen molar-refractivity contribution in [1.82, 2.24) is 10.2 Å². The standard InChI is InChI=1S/C14H24N2O2/c1-10(2)16-11(3)9-12(17)15-14(13(16)18)7-5-4-6-8-14/h10-11H,4-9H2,1-3H3,(H,15,17). The summed E-state index contributed by atoms with van der Waals surface area (Å²) in [5.41, 5.74) is -0.607. The molecule has 2 aliphatic rings. The second kappa shape index (κ2) is 4.90. The first-order valence-electron chi connectivity index (χ1n) is 7.10. The molecule has 1 atom stereocenters. The molecule has 1 aliphatic heterocycles. The van der Waals surface area contributed by atoms with Gasteiger partial charge in [0.15, 0.2) is 0 Å². The Morgan fingerprint density at radius 3 is 2.39 bits per heavy atom. The number of hydrogen-bond acceptors (Lipinski definition) is 2. The average molecular weight is 252 g/mol. The molecule has 2 rings (SSSR count). The average Bonchev–Trinajstić information content (AvgIpc) is 2.36. The molecule has 0 aromatic rings. The van der Waals surface area contributed by atoms with Crippen LogP contribution in [-0.4, -0.2) is 34.3 Å². The second-order valence-electron chi connectivity index (χ2n) is 6.05. The third-order valence-corrected chi connectivity index (χ3v) is 4.24. The molecule has 0 radical (unpaired) electrons. The maximum atomic E-state index is 12.8. The van der Waals surface area contributed by atoms with Gasteiger partial charge in [-0.25, -0.2) is 0 Å². The Labute approximate surface area is 109 Å². The highest BCUT2D eigenvalue weighted by molar-refractivity contribution is 5.94. The van der Waals surface area contributed by atoms with E-state index >= 15 is 0 Å². The number of carbonyl (C=O) groups is 2. The van der Waals surface area contributed by atoms with Crippen molar-refractivity contribution in [2.24, 2.45) is 0 Å². The minimum Gasteiger partial charge on any atom is -0.342 e. The largest absolute Gasteiger partial charge is 0.342 e. The predicted molar refractivity (Wildman–Crippen MR) is 70.0 cm³/mol. The van der Waals surface area contributed by atoms with Crippen LogP contribution in [0.15, 0.2) is 0 Å². The van der Waals surface area contributed by atoms with Crippen LogP contribution in [0.2, 0.25) is 0 Å². The zero-order valence-corrected chi connectivity index (χ0v) is 11.7. The summed E-state index contributed by atoms with van der Waals surface area (Å²) in [6, 6.07) is 0.151. The number of nitrogens with one attached hydrogen (secondary N) is 1. The normalized spacial score (nSPS) is 28.4. The van der Waals surface area contributed by atoms with E-state index in [1.54, 1.807) is 0 Å². The molecule has 1 saturated heterocycles. The molecule has 1 N–H and O–H groups in total. The van der Waals surface area contributed by atoms with E-state index in [9.17, 15) is 9.59 Å². The van der Waals surface area contributed by atoms with Crippen molar-refractivity contribution >= 4 is 11.8 Å². The zero-order valence-electron chi connectivity index (χ0n) is 11.7. The molecule has 0 aromatic heterocycles. The highest BCUT2D eigenvalue weighted by atomic mass is 16.2. The summed E-state index contributed by atoms with van der Waals surface area (Å²) in [6.07, 6.45) is 5.26. The Balaban J connectivity index is 2.33. The molecular weight excluding hydrogens is 228 g/mol. The van der Waals surface area contributed by atoms with E-state index in [0.29, 0.717) is 6.42 Å². The molecule has 2 fully saturated rings. The van der Waals surface area contributed by atoms with E-state index in [0.717, 1.165) is 25.7 Å². The summed E-state index contributed by atoms with van der Waals surface area (Å²) in [7, 11) is 0. The number of carbonyl (C=O) groups excluding carboxylic acids is 2. The zero-order chi connectivity index (χ0) is 13.3. The van der Waals surface area contributed by atoms with Gasteiger partial charge in [-0.15, -0.1) is 0 Å². The van der Waals surface area contributed by atoms with Gasteiger partial charge < -0.3 is 10.2 Å². The summed E-state index contributed by atoms with van der Waals surface area (Å²) in [5, 5.41) is 3.03. The van der Waals surface area contributed by atoms with E-state index < -0.39 is 5.54 Å². The molecule has 4 nitrogen and oxygen atoms in total. The molecule has 1 unspecified atom stereocenters. The number of nitrogens with zero attached hydrogens (tertiary/aromatic N) is 1. The first-order valence-corrected chi connectivity index (χ1v) is 7.10. The molecule has 18 heavy (non-hydrogen) atoms. The minimum absolute atomic E-state index is 0.00111. The van der Waals surface area contributed by atoms with Gasteiger partial charge in [0.2, 0.25) is 11.8 Å². The van der Waals surface area contributed by atoms with Crippen molar-refractivity contribution in [2.75, 3.05) is 0 Å². The summed E-state index contributed by atoms with van der Waals surface area (Å²) >= 11 is 0. The van der Waals surface area contributed by atoms with Crippen molar-refractivity contribution in [2.45, 2.75) is 76.9 Å². The van der Waals surface area contributed by atoms with E-state index in [-0.39, 0.29) is 23.9 Å². The lowest BCUT2D eigenvalue weighted by Gasteiger charge is -2.40. The fourth-order valence-electron chi connectivity index (χ4n) is 3.42. The van der Waals surface area contributed by atoms with Crippen LogP contribution in [-0.2, 0) is 9.59 Å². The van der Waals surface area contributed by atoms with E-state index in [1.165, 1.54) is 6.42 Å². The molecule has 0 aromatic carbocycles. The van der Waals surface area contributed by atoms with Crippen molar-refractivity contribution in [3.63, 3.8) is 0 Å². The molecule has 0 bridgehead atoms. The van der Waals surface area contributed by atoms with Gasteiger partial charge in [0.05, 0.1) is 0 Å². The van der Waals surface area contributed by atoms with Gasteiger partial charge in [0, 0.05) is 18.5 Å². The fraction of sp³-hybridized carbons (Fsp3) is 0.857. The topological polar surface area (TPSA) is 49.4 Å². The van der Waals surface area contributed by atoms with E-state index in [2.05, 4.69) is 5.32 Å². The first kappa shape index (κ1) is 13.4. The number of amides is 2. The Morgan fingerprint density at radius 1 is 1.22 bits per heavy atom. The van der Waals surface area contributed by atoms with Gasteiger partial charge in [-0.2, -0.15) is 0 Å². The highest BCUT2D eigenvalue weighted by Crippen LogP contribution is 2.33. The van der Waals surface area contributed by atoms with Crippen LogP contribution in [0, 0.1) is 0 Å². The van der Waals surface area contributed by atoms with Gasteiger partial charge in [0.1, 0.15) is 5.54 Å². The molecule has 102 valence electrons. The van der Waals surface area contributed by atoms with Gasteiger partial charge in [-0.3, -0.25) is 9.59 Å². The van der Waals surface area contributed by atoms with Gasteiger partial charge >= 0.3 is 0 Å². The summed E-state index contributed by atoms with van der Waals surface area (Å²) in [4.78, 5) is 26.7. The van der Waals surface area contributed by atoms with E-state index in [1.807, 2.05) is 25.7 Å². The molecule has 1 spiro atoms. The summed E-state index contributed by atoms with van der Waals surface area (Å²) in [6.45, 7) is 6.03. The van der Waals surface area contributed by atoms with Crippen LogP contribution in [0.4, 0.5) is 0 Å². The predicted octanol–water partition coefficient (Wildman–Crippen LogP) is 1.83. The second-order valence-corrected chi connectivity index (χ2v) is 6.05. The summed E-state index contributed by atoms with van der Waals surface area (Å²) in [5.74, 6) is 0.163. The van der Waals surface area contributed by atoms with Crippen molar-refractivity contribution in [3.05, 3.63) is 0 Å². The Kier molecular flexibility index (Phi) is 3.64. The molecule has 4 heteroatoms. The Morgan fingerprint density at radius 2 is 1.83 bits per heavy atom. The molecule has 1 aliphatic carbocycles. The third-order valence-electron chi connectivity index (χ3n) is 4.24. The monoisotopic (exact) mass is 252 g/mol. The molecular formula is C14H24N2O2. The quantitative estimate of drug-likeness (QED) is 0.774. The highest BCUT2D eigenvalue weighted by Gasteiger charge is 2.47. The maximum absolute atomic E-state index is 12.8. The van der Waals surface area contributed by atoms with Gasteiger partial charge in [0.25, 0.3) is 0 Å². The van der Waals surface area contributed by atoms with Crippen molar-refractivity contribution in [1.29, 1.82) is 0 Å². The van der Waals surface area contributed by atoms with Crippen LogP contribution in [0.3, 0.4) is 0 Å². The van der Waals surface area contributed by atoms with Crippen LogP contribution in [0.25, 0.3) is 0 Å². The summed E-state index contributed by atoms with van der Waals surface area (Å²) < 4.78 is 0. The van der Waals surface area contributed by atoms with Crippen LogP contribution in [0.5, 0.6) is 0 Å². The maximum Gasteiger partial charge on any atom is 0.248 e. The van der Waals surface area contributed by atoms with Crippen molar-refractivity contribution in [3.8, 4) is 0 Å². The lowest BCUT2D eigenvalue weighted by atomic mass is 9.80. The number of hydrogen-bond donors (Lipinski definition) is 1. The minimum atomic E-state index is -0.607. The molecule has 2 amide bonds. The fourth-order valence-corrected chi connectivity index (χ4v) is 3.42. The Hall–Kier alpha value is -1.06. The molecule has 1 heterocycles. The lowest BCUT2D eigenvalue weighted by molar-refractivity contribution is -0.143. The van der Waals surface area contributed by atoms with Crippen LogP contribution < -0.4 is 5.32 Å². The molecule has 1 saturated carbocycles. The first-order chi connectivity index (χ1) is 8.46. The Bertz CT molecular complexity index is 346. The van der Waals surface area contributed by atoms with Crippen LogP contribution in [0.1, 0.15) is 59.3 Å². The van der Waals surface area contributed by atoms with Crippen LogP contribution >= 0.6 is 0 Å². The van der Waals surface area contributed by atoms with Gasteiger partial charge in [-0.05, 0) is 33.6 Å². The van der Waals surface area contributed by atoms with Crippen molar-refractivity contribution < 1.29 is 9.59 Å². The SMILES string of the molecule is CC(C)N1C(=O)C2(CCCCC2)NC(=O)CC1C. The van der Waals surface area contributed by atoms with E-state index in [4.69, 9.17) is 0 Å². The third kappa shape index (κ3) is 2.25. The number of rotatable bonds is 1. The smallest absolute Gasteiger partial charge is 0.248 e.